The van der Waals surface area contributed by atoms with Gasteiger partial charge in [0.15, 0.2) is 5.03 Å². The van der Waals surface area contributed by atoms with Gasteiger partial charge in [0, 0.05) is 0 Å². The molecule has 1 atom stereocenters. The fraction of sp³-hybridized carbons (Fsp3) is 0. The first-order valence-electron chi connectivity index (χ1n) is 2.43. The number of aromatic nitrogens is 1. The lowest BCUT2D eigenvalue weighted by Crippen LogP contribution is -1.91. The second kappa shape index (κ2) is 3.09. The highest BCUT2D eigenvalue weighted by Crippen LogP contribution is 2.06. The van der Waals surface area contributed by atoms with Gasteiger partial charge in [-0.05, 0) is 12.1 Å². The summed E-state index contributed by atoms with van der Waals surface area (Å²) >= 11 is 3.40. The van der Waals surface area contributed by atoms with E-state index in [-0.39, 0.29) is 10.2 Å². The normalized spacial score (nSPS) is 13.0. The second-order valence-corrected chi connectivity index (χ2v) is 2.85. The van der Waals surface area contributed by atoms with E-state index in [9.17, 15) is 4.21 Å². The third-order valence-electron chi connectivity index (χ3n) is 0.868. The first-order valence-corrected chi connectivity index (χ1v) is 3.92. The molecular formula is C5H4ClNO2S. The van der Waals surface area contributed by atoms with Crippen LogP contribution in [0.4, 0.5) is 0 Å². The van der Waals surface area contributed by atoms with Crippen LogP contribution < -0.4 is 0 Å². The molecule has 5 heteroatoms. The molecule has 0 aliphatic carbocycles. The highest BCUT2D eigenvalue weighted by molar-refractivity contribution is 7.79. The molecule has 10 heavy (non-hydrogen) atoms. The van der Waals surface area contributed by atoms with Crippen LogP contribution in [0.3, 0.4) is 0 Å². The van der Waals surface area contributed by atoms with Gasteiger partial charge >= 0.3 is 0 Å². The highest BCUT2D eigenvalue weighted by Gasteiger charge is 1.99. The quantitative estimate of drug-likeness (QED) is 0.520. The van der Waals surface area contributed by atoms with Crippen LogP contribution in [0.2, 0.25) is 5.15 Å². The standard InChI is InChI=1S/C5H4ClNO2S/c6-4-2-1-3-5(7-4)10(8)9/h1-3H,(H,8,9). The number of hydrogen-bond donors (Lipinski definition) is 1. The molecule has 0 saturated heterocycles. The Labute approximate surface area is 65.3 Å². The van der Waals surface area contributed by atoms with Crippen molar-refractivity contribution in [3.63, 3.8) is 0 Å². The lowest BCUT2D eigenvalue weighted by Gasteiger charge is -1.91. The summed E-state index contributed by atoms with van der Waals surface area (Å²) < 4.78 is 18.8. The Morgan fingerprint density at radius 3 is 2.70 bits per heavy atom. The third-order valence-corrected chi connectivity index (χ3v) is 1.66. The molecule has 0 aliphatic heterocycles. The van der Waals surface area contributed by atoms with Crippen molar-refractivity contribution in [3.05, 3.63) is 23.4 Å². The van der Waals surface area contributed by atoms with Crippen LogP contribution in [0.25, 0.3) is 0 Å². The van der Waals surface area contributed by atoms with E-state index in [4.69, 9.17) is 16.2 Å². The van der Waals surface area contributed by atoms with Crippen LogP contribution >= 0.6 is 11.6 Å². The number of nitrogens with zero attached hydrogens (tertiary/aromatic N) is 1. The zero-order valence-corrected chi connectivity index (χ0v) is 6.39. The van der Waals surface area contributed by atoms with E-state index in [1.807, 2.05) is 0 Å². The molecule has 1 rings (SSSR count). The zero-order chi connectivity index (χ0) is 7.56. The van der Waals surface area contributed by atoms with E-state index in [2.05, 4.69) is 4.98 Å². The minimum absolute atomic E-state index is 0.0764. The van der Waals surface area contributed by atoms with Crippen LogP contribution in [0.15, 0.2) is 23.2 Å². The number of pyridine rings is 1. The molecule has 0 saturated carbocycles. The Balaban J connectivity index is 3.07. The maximum Gasteiger partial charge on any atom is 0.205 e. The molecule has 0 radical (unpaired) electrons. The van der Waals surface area contributed by atoms with Crippen LogP contribution in [0.5, 0.6) is 0 Å². The monoisotopic (exact) mass is 177 g/mol. The van der Waals surface area contributed by atoms with E-state index in [0.717, 1.165) is 0 Å². The molecule has 0 amide bonds. The first kappa shape index (κ1) is 7.65. The fourth-order valence-electron chi connectivity index (χ4n) is 0.487. The molecule has 1 aromatic heterocycles. The van der Waals surface area contributed by atoms with E-state index in [1.165, 1.54) is 12.1 Å². The molecular weight excluding hydrogens is 174 g/mol. The second-order valence-electron chi connectivity index (χ2n) is 1.55. The molecule has 1 unspecified atom stereocenters. The Hall–Kier alpha value is -0.450. The molecule has 3 nitrogen and oxygen atoms in total. The maximum absolute atomic E-state index is 10.3. The summed E-state index contributed by atoms with van der Waals surface area (Å²) in [6.45, 7) is 0. The number of rotatable bonds is 1. The van der Waals surface area contributed by atoms with Gasteiger partial charge in [-0.3, -0.25) is 0 Å². The van der Waals surface area contributed by atoms with Gasteiger partial charge in [0.1, 0.15) is 5.15 Å². The topological polar surface area (TPSA) is 50.2 Å². The number of hydrogen-bond acceptors (Lipinski definition) is 2. The summed E-state index contributed by atoms with van der Waals surface area (Å²) in [4.78, 5) is 3.59. The Kier molecular flexibility index (Phi) is 2.37. The zero-order valence-electron chi connectivity index (χ0n) is 4.82. The van der Waals surface area contributed by atoms with Crippen molar-refractivity contribution in [1.82, 2.24) is 4.98 Å². The summed E-state index contributed by atoms with van der Waals surface area (Å²) in [5, 5.41) is 0.299. The Morgan fingerprint density at radius 1 is 1.60 bits per heavy atom. The van der Waals surface area contributed by atoms with Crippen molar-refractivity contribution < 1.29 is 8.76 Å². The summed E-state index contributed by atoms with van der Waals surface area (Å²) in [7, 11) is 0. The average Bonchev–Trinajstić information content (AvgIpc) is 1.88. The maximum atomic E-state index is 10.3. The third kappa shape index (κ3) is 1.76. The molecule has 0 fully saturated rings. The molecule has 54 valence electrons. The van der Waals surface area contributed by atoms with Crippen LogP contribution in [-0.2, 0) is 11.1 Å². The molecule has 0 bridgehead atoms. The van der Waals surface area contributed by atoms with E-state index < -0.39 is 11.1 Å². The molecule has 1 aromatic rings. The van der Waals surface area contributed by atoms with E-state index >= 15 is 0 Å². The van der Waals surface area contributed by atoms with Gasteiger partial charge in [-0.25, -0.2) is 9.19 Å². The molecule has 1 heterocycles. The van der Waals surface area contributed by atoms with Gasteiger partial charge in [-0.2, -0.15) is 0 Å². The van der Waals surface area contributed by atoms with E-state index in [1.54, 1.807) is 6.07 Å². The Morgan fingerprint density at radius 2 is 2.30 bits per heavy atom. The van der Waals surface area contributed by atoms with Gasteiger partial charge < -0.3 is 4.55 Å². The van der Waals surface area contributed by atoms with Gasteiger partial charge in [0.05, 0.1) is 0 Å². The van der Waals surface area contributed by atoms with Crippen LogP contribution in [0, 0.1) is 0 Å². The lowest BCUT2D eigenvalue weighted by molar-refractivity contribution is 0.560. The van der Waals surface area contributed by atoms with Gasteiger partial charge in [0.2, 0.25) is 11.1 Å². The van der Waals surface area contributed by atoms with Crippen molar-refractivity contribution in [1.29, 1.82) is 0 Å². The molecule has 0 spiro atoms. The largest absolute Gasteiger partial charge is 0.301 e. The summed E-state index contributed by atoms with van der Waals surface area (Å²) in [5.41, 5.74) is 0. The molecule has 1 N–H and O–H groups in total. The van der Waals surface area contributed by atoms with E-state index in [0.29, 0.717) is 0 Å². The predicted octanol–water partition coefficient (Wildman–Crippen LogP) is 1.32. The highest BCUT2D eigenvalue weighted by atomic mass is 35.5. The average molecular weight is 178 g/mol. The van der Waals surface area contributed by atoms with Crippen molar-refractivity contribution >= 4 is 22.7 Å². The molecule has 0 aromatic carbocycles. The van der Waals surface area contributed by atoms with Crippen molar-refractivity contribution in [3.8, 4) is 0 Å². The minimum atomic E-state index is -2.03. The molecule has 0 aliphatic rings. The Bertz CT molecular complexity index is 266. The van der Waals surface area contributed by atoms with Gasteiger partial charge in [-0.15, -0.1) is 0 Å². The predicted molar refractivity (Wildman–Crippen MR) is 38.3 cm³/mol. The number of halogens is 1. The SMILES string of the molecule is O=S(O)c1cccc(Cl)n1. The van der Waals surface area contributed by atoms with Crippen molar-refractivity contribution in [2.24, 2.45) is 0 Å². The fourth-order valence-corrected chi connectivity index (χ4v) is 1.07. The van der Waals surface area contributed by atoms with Crippen LogP contribution in [-0.4, -0.2) is 13.7 Å². The summed E-state index contributed by atoms with van der Waals surface area (Å²) in [6, 6.07) is 4.54. The lowest BCUT2D eigenvalue weighted by atomic mass is 10.5. The van der Waals surface area contributed by atoms with Crippen LogP contribution in [0.1, 0.15) is 0 Å². The smallest absolute Gasteiger partial charge is 0.205 e. The van der Waals surface area contributed by atoms with Crippen molar-refractivity contribution in [2.45, 2.75) is 5.03 Å². The summed E-state index contributed by atoms with van der Waals surface area (Å²) in [5.74, 6) is 0. The van der Waals surface area contributed by atoms with Crippen molar-refractivity contribution in [2.75, 3.05) is 0 Å². The first-order chi connectivity index (χ1) is 4.70. The van der Waals surface area contributed by atoms with Gasteiger partial charge in [0.25, 0.3) is 0 Å². The van der Waals surface area contributed by atoms with Gasteiger partial charge in [-0.1, -0.05) is 17.7 Å². The minimum Gasteiger partial charge on any atom is -0.301 e. The summed E-state index contributed by atoms with van der Waals surface area (Å²) in [6.07, 6.45) is 0.